The van der Waals surface area contributed by atoms with Crippen LogP contribution < -0.4 is 15.5 Å². The van der Waals surface area contributed by atoms with E-state index in [-0.39, 0.29) is 12.1 Å². The van der Waals surface area contributed by atoms with Crippen molar-refractivity contribution in [2.24, 2.45) is 0 Å². The number of carbonyl (C=O) groups excluding carboxylic acids is 1. The van der Waals surface area contributed by atoms with Crippen molar-refractivity contribution < 1.29 is 9.53 Å². The van der Waals surface area contributed by atoms with Gasteiger partial charge in [-0.25, -0.2) is 4.79 Å². The number of nitrogens with one attached hydrogen (secondary N) is 3. The molecule has 1 aliphatic heterocycles. The second-order valence-corrected chi connectivity index (χ2v) is 5.24. The molecule has 1 fully saturated rings. The average molecular weight is 301 g/mol. The summed E-state index contributed by atoms with van der Waals surface area (Å²) in [5.74, 6) is 0. The van der Waals surface area contributed by atoms with Gasteiger partial charge in [-0.3, -0.25) is 5.10 Å². The Bertz CT molecular complexity index is 611. The number of aromatic amines is 1. The van der Waals surface area contributed by atoms with Crippen LogP contribution in [-0.2, 0) is 4.74 Å². The molecule has 7 heteroatoms. The molecule has 1 aromatic carbocycles. The molecule has 2 aromatic rings. The SMILES string of the molecule is C[C@@H]1CN(c2ccc(NC(=O)Nc3cn[nH]c3)cc2)CCO1. The first-order valence-corrected chi connectivity index (χ1v) is 7.24. The fourth-order valence-electron chi connectivity index (χ4n) is 2.42. The zero-order valence-electron chi connectivity index (χ0n) is 12.4. The molecule has 22 heavy (non-hydrogen) atoms. The molecule has 1 atom stereocenters. The molecule has 7 nitrogen and oxygen atoms in total. The number of aromatic nitrogens is 2. The minimum absolute atomic E-state index is 0.243. The molecule has 116 valence electrons. The smallest absolute Gasteiger partial charge is 0.323 e. The summed E-state index contributed by atoms with van der Waals surface area (Å²) in [4.78, 5) is 14.1. The number of amides is 2. The van der Waals surface area contributed by atoms with E-state index in [1.54, 1.807) is 12.4 Å². The average Bonchev–Trinajstić information content (AvgIpc) is 3.01. The Morgan fingerprint density at radius 1 is 1.32 bits per heavy atom. The van der Waals surface area contributed by atoms with E-state index in [1.807, 2.05) is 24.3 Å². The van der Waals surface area contributed by atoms with E-state index in [0.29, 0.717) is 5.69 Å². The zero-order valence-corrected chi connectivity index (χ0v) is 12.4. The van der Waals surface area contributed by atoms with Crippen LogP contribution in [0.1, 0.15) is 6.92 Å². The van der Waals surface area contributed by atoms with E-state index >= 15 is 0 Å². The van der Waals surface area contributed by atoms with Crippen molar-refractivity contribution in [1.29, 1.82) is 0 Å². The summed E-state index contributed by atoms with van der Waals surface area (Å²) >= 11 is 0. The molecule has 3 N–H and O–H groups in total. The van der Waals surface area contributed by atoms with Crippen molar-refractivity contribution in [1.82, 2.24) is 10.2 Å². The molecule has 3 rings (SSSR count). The van der Waals surface area contributed by atoms with Crippen LogP contribution in [0.2, 0.25) is 0 Å². The Kier molecular flexibility index (Phi) is 4.24. The van der Waals surface area contributed by atoms with Crippen LogP contribution in [0.4, 0.5) is 21.9 Å². The molecule has 0 radical (unpaired) electrons. The number of benzene rings is 1. The molecule has 0 aliphatic carbocycles. The van der Waals surface area contributed by atoms with Gasteiger partial charge in [0.1, 0.15) is 0 Å². The molecule has 1 aromatic heterocycles. The van der Waals surface area contributed by atoms with Gasteiger partial charge in [-0.05, 0) is 31.2 Å². The van der Waals surface area contributed by atoms with Crippen molar-refractivity contribution in [3.63, 3.8) is 0 Å². The van der Waals surface area contributed by atoms with Crippen LogP contribution in [0.25, 0.3) is 0 Å². The van der Waals surface area contributed by atoms with Crippen LogP contribution in [0.5, 0.6) is 0 Å². The Hall–Kier alpha value is -2.54. The summed E-state index contributed by atoms with van der Waals surface area (Å²) in [5.41, 5.74) is 2.50. The number of hydrogen-bond donors (Lipinski definition) is 3. The van der Waals surface area contributed by atoms with Gasteiger partial charge in [0, 0.05) is 30.7 Å². The molecule has 1 aliphatic rings. The van der Waals surface area contributed by atoms with Gasteiger partial charge in [0.15, 0.2) is 0 Å². The highest BCUT2D eigenvalue weighted by molar-refractivity contribution is 5.99. The lowest BCUT2D eigenvalue weighted by atomic mass is 10.2. The number of anilines is 3. The highest BCUT2D eigenvalue weighted by Gasteiger charge is 2.16. The summed E-state index contributed by atoms with van der Waals surface area (Å²) in [6.07, 6.45) is 3.40. The van der Waals surface area contributed by atoms with Crippen molar-refractivity contribution in [3.05, 3.63) is 36.7 Å². The van der Waals surface area contributed by atoms with Gasteiger partial charge in [-0.2, -0.15) is 5.10 Å². The van der Waals surface area contributed by atoms with E-state index in [1.165, 1.54) is 0 Å². The number of ether oxygens (including phenoxy) is 1. The molecule has 1 saturated heterocycles. The van der Waals surface area contributed by atoms with Crippen LogP contribution >= 0.6 is 0 Å². The first kappa shape index (κ1) is 14.4. The van der Waals surface area contributed by atoms with Crippen molar-refractivity contribution in [2.75, 3.05) is 35.2 Å². The van der Waals surface area contributed by atoms with Gasteiger partial charge in [0.25, 0.3) is 0 Å². The van der Waals surface area contributed by atoms with E-state index in [0.717, 1.165) is 31.1 Å². The monoisotopic (exact) mass is 301 g/mol. The maximum Gasteiger partial charge on any atom is 0.323 e. The zero-order chi connectivity index (χ0) is 15.4. The lowest BCUT2D eigenvalue weighted by Crippen LogP contribution is -2.41. The van der Waals surface area contributed by atoms with Crippen molar-refractivity contribution in [2.45, 2.75) is 13.0 Å². The molecular formula is C15H19N5O2. The maximum atomic E-state index is 11.8. The Balaban J connectivity index is 1.58. The molecule has 0 bridgehead atoms. The minimum Gasteiger partial charge on any atom is -0.375 e. The van der Waals surface area contributed by atoms with E-state index in [2.05, 4.69) is 32.7 Å². The topological polar surface area (TPSA) is 82.3 Å². The predicted molar refractivity (Wildman–Crippen MR) is 85.3 cm³/mol. The lowest BCUT2D eigenvalue weighted by molar-refractivity contribution is 0.0532. The van der Waals surface area contributed by atoms with Gasteiger partial charge in [0.05, 0.1) is 24.6 Å². The van der Waals surface area contributed by atoms with Gasteiger partial charge in [0.2, 0.25) is 0 Å². The third-order valence-corrected chi connectivity index (χ3v) is 3.49. The summed E-state index contributed by atoms with van der Waals surface area (Å²) in [7, 11) is 0. The van der Waals surface area contributed by atoms with E-state index < -0.39 is 0 Å². The predicted octanol–water partition coefficient (Wildman–Crippen LogP) is 2.28. The van der Waals surface area contributed by atoms with Crippen LogP contribution in [0.3, 0.4) is 0 Å². The van der Waals surface area contributed by atoms with Crippen molar-refractivity contribution >= 4 is 23.1 Å². The fourth-order valence-corrected chi connectivity index (χ4v) is 2.42. The highest BCUT2D eigenvalue weighted by Crippen LogP contribution is 2.20. The number of nitrogens with zero attached hydrogens (tertiary/aromatic N) is 2. The normalized spacial score (nSPS) is 18.0. The number of morpholine rings is 1. The van der Waals surface area contributed by atoms with E-state index in [4.69, 9.17) is 4.74 Å². The third-order valence-electron chi connectivity index (χ3n) is 3.49. The van der Waals surface area contributed by atoms with Gasteiger partial charge >= 0.3 is 6.03 Å². The van der Waals surface area contributed by atoms with Crippen LogP contribution in [-0.4, -0.2) is 42.0 Å². The highest BCUT2D eigenvalue weighted by atomic mass is 16.5. The third kappa shape index (κ3) is 3.56. The quantitative estimate of drug-likeness (QED) is 0.812. The summed E-state index contributed by atoms with van der Waals surface area (Å²) in [6, 6.07) is 7.50. The Labute approximate surface area is 128 Å². The van der Waals surface area contributed by atoms with Gasteiger partial charge in [-0.1, -0.05) is 0 Å². The fraction of sp³-hybridized carbons (Fsp3) is 0.333. The standard InChI is InChI=1S/C15H19N5O2/c1-11-10-20(6-7-22-11)14-4-2-12(3-5-14)18-15(21)19-13-8-16-17-9-13/h2-5,8-9,11H,6-7,10H2,1H3,(H,16,17)(H2,18,19,21)/t11-/m1/s1. The molecule has 0 saturated carbocycles. The van der Waals surface area contributed by atoms with Crippen LogP contribution in [0, 0.1) is 0 Å². The number of urea groups is 1. The van der Waals surface area contributed by atoms with Crippen molar-refractivity contribution in [3.8, 4) is 0 Å². The summed E-state index contributed by atoms with van der Waals surface area (Å²) in [5, 5.41) is 11.9. The number of H-pyrrole nitrogens is 1. The second kappa shape index (κ2) is 6.48. The summed E-state index contributed by atoms with van der Waals surface area (Å²) in [6.45, 7) is 4.59. The number of rotatable bonds is 3. The summed E-state index contributed by atoms with van der Waals surface area (Å²) < 4.78 is 5.54. The molecule has 0 spiro atoms. The Morgan fingerprint density at radius 3 is 2.77 bits per heavy atom. The largest absolute Gasteiger partial charge is 0.375 e. The van der Waals surface area contributed by atoms with Gasteiger partial charge in [-0.15, -0.1) is 0 Å². The number of carbonyl (C=O) groups is 1. The molecule has 2 amide bonds. The molecule has 2 heterocycles. The lowest BCUT2D eigenvalue weighted by Gasteiger charge is -2.33. The Morgan fingerprint density at radius 2 is 2.09 bits per heavy atom. The van der Waals surface area contributed by atoms with Crippen LogP contribution in [0.15, 0.2) is 36.7 Å². The number of hydrogen-bond acceptors (Lipinski definition) is 4. The maximum absolute atomic E-state index is 11.8. The van der Waals surface area contributed by atoms with Gasteiger partial charge < -0.3 is 20.3 Å². The first-order chi connectivity index (χ1) is 10.7. The molecule has 0 unspecified atom stereocenters. The minimum atomic E-state index is -0.297. The van der Waals surface area contributed by atoms with E-state index in [9.17, 15) is 4.79 Å². The second-order valence-electron chi connectivity index (χ2n) is 5.24. The molecular weight excluding hydrogens is 282 g/mol. The first-order valence-electron chi connectivity index (χ1n) is 7.24.